The second kappa shape index (κ2) is 13.1. The smallest absolute Gasteiger partial charge is 0.466 e. The van der Waals surface area contributed by atoms with Crippen LogP contribution < -0.4 is 15.8 Å². The van der Waals surface area contributed by atoms with Crippen molar-refractivity contribution in [1.82, 2.24) is 15.8 Å². The first kappa shape index (κ1) is 31.1. The molecule has 0 bridgehead atoms. The maximum absolute atomic E-state index is 13.6. The average Bonchev–Trinajstić information content (AvgIpc) is 3.72. The largest absolute Gasteiger partial charge is 0.522 e. The Morgan fingerprint density at radius 2 is 1.77 bits per heavy atom. The average molecular weight is 619 g/mol. The van der Waals surface area contributed by atoms with Crippen molar-refractivity contribution in [1.29, 1.82) is 0 Å². The topological polar surface area (TPSA) is 127 Å². The van der Waals surface area contributed by atoms with Gasteiger partial charge in [0, 0.05) is 23.6 Å². The highest BCUT2D eigenvalue weighted by atomic mass is 19.4. The quantitative estimate of drug-likeness (QED) is 0.327. The highest BCUT2D eigenvalue weighted by molar-refractivity contribution is 5.99. The van der Waals surface area contributed by atoms with Crippen molar-refractivity contribution in [3.05, 3.63) is 65.2 Å². The van der Waals surface area contributed by atoms with Gasteiger partial charge in [0.1, 0.15) is 0 Å². The van der Waals surface area contributed by atoms with Gasteiger partial charge in [-0.05, 0) is 61.4 Å². The lowest BCUT2D eigenvalue weighted by Crippen LogP contribution is -2.57. The number of rotatable bonds is 8. The molecule has 0 radical (unpaired) electrons. The molecule has 5 rings (SSSR count). The summed E-state index contributed by atoms with van der Waals surface area (Å²) in [6.07, 6.45) is -1.57. The summed E-state index contributed by atoms with van der Waals surface area (Å²) in [7, 11) is 1.22. The Morgan fingerprint density at radius 3 is 2.50 bits per heavy atom. The molecule has 0 aromatic heterocycles. The van der Waals surface area contributed by atoms with Crippen LogP contribution in [0.1, 0.15) is 59.6 Å². The SMILES string of the molecule is COC(=O)COC(=O)N(C1CC1)C1c2ccccc2N(C(=O)NNC(=O)c2cccc(CCOC(F)(F)F)c2)C2CCCC21. The number of alkyl halides is 3. The van der Waals surface area contributed by atoms with Crippen LogP contribution in [0, 0.1) is 5.92 Å². The van der Waals surface area contributed by atoms with E-state index in [-0.39, 0.29) is 36.0 Å². The lowest BCUT2D eigenvalue weighted by molar-refractivity contribution is -0.324. The first-order valence-electron chi connectivity index (χ1n) is 14.4. The van der Waals surface area contributed by atoms with Gasteiger partial charge >= 0.3 is 24.5 Å². The minimum Gasteiger partial charge on any atom is -0.466 e. The minimum absolute atomic E-state index is 0.0464. The van der Waals surface area contributed by atoms with E-state index in [9.17, 15) is 32.3 Å². The summed E-state index contributed by atoms with van der Waals surface area (Å²) in [5.74, 6) is -1.42. The van der Waals surface area contributed by atoms with E-state index >= 15 is 0 Å². The van der Waals surface area contributed by atoms with E-state index in [2.05, 4.69) is 20.3 Å². The molecule has 0 saturated heterocycles. The Morgan fingerprint density at radius 1 is 1.00 bits per heavy atom. The van der Waals surface area contributed by atoms with E-state index in [1.54, 1.807) is 28.0 Å². The number of hydrazine groups is 1. The molecule has 11 nitrogen and oxygen atoms in total. The van der Waals surface area contributed by atoms with Crippen LogP contribution in [0.2, 0.25) is 0 Å². The Hall–Kier alpha value is -4.33. The van der Waals surface area contributed by atoms with Crippen LogP contribution in [-0.4, -0.2) is 67.7 Å². The number of anilines is 1. The number of ether oxygens (including phenoxy) is 3. The van der Waals surface area contributed by atoms with Crippen LogP contribution in [0.5, 0.6) is 0 Å². The molecule has 44 heavy (non-hydrogen) atoms. The zero-order valence-electron chi connectivity index (χ0n) is 24.0. The third kappa shape index (κ3) is 7.07. The molecule has 3 atom stereocenters. The number of hydrogen-bond acceptors (Lipinski definition) is 7. The van der Waals surface area contributed by atoms with Gasteiger partial charge in [0.2, 0.25) is 0 Å². The first-order chi connectivity index (χ1) is 21.1. The Labute approximate surface area is 251 Å². The number of methoxy groups -OCH3 is 1. The molecule has 2 fully saturated rings. The molecule has 3 unspecified atom stereocenters. The van der Waals surface area contributed by atoms with Crippen LogP contribution in [0.25, 0.3) is 0 Å². The lowest BCUT2D eigenvalue weighted by Gasteiger charge is -2.47. The van der Waals surface area contributed by atoms with Crippen LogP contribution in [0.3, 0.4) is 0 Å². The van der Waals surface area contributed by atoms with Crippen molar-refractivity contribution in [2.45, 2.75) is 63.0 Å². The number of carbonyl (C=O) groups excluding carboxylic acids is 4. The lowest BCUT2D eigenvalue weighted by atomic mass is 9.82. The number of nitrogens with one attached hydrogen (secondary N) is 2. The van der Waals surface area contributed by atoms with Gasteiger partial charge in [-0.25, -0.2) is 19.8 Å². The van der Waals surface area contributed by atoms with Gasteiger partial charge in [-0.1, -0.05) is 36.8 Å². The van der Waals surface area contributed by atoms with Gasteiger partial charge in [0.05, 0.1) is 25.4 Å². The summed E-state index contributed by atoms with van der Waals surface area (Å²) >= 11 is 0. The monoisotopic (exact) mass is 618 g/mol. The molecule has 14 heteroatoms. The number of esters is 1. The number of carbonyl (C=O) groups is 4. The highest BCUT2D eigenvalue weighted by Crippen LogP contribution is 2.52. The number of halogens is 3. The van der Waals surface area contributed by atoms with Crippen LogP contribution >= 0.6 is 0 Å². The van der Waals surface area contributed by atoms with Crippen molar-refractivity contribution in [3.8, 4) is 0 Å². The number of benzene rings is 2. The molecule has 3 aliphatic rings. The number of urea groups is 1. The van der Waals surface area contributed by atoms with Gasteiger partial charge in [0.15, 0.2) is 6.61 Å². The van der Waals surface area contributed by atoms with E-state index < -0.39 is 43.6 Å². The Kier molecular flexibility index (Phi) is 9.28. The molecule has 0 spiro atoms. The zero-order chi connectivity index (χ0) is 31.4. The molecule has 4 amide bonds. The third-order valence-electron chi connectivity index (χ3n) is 8.12. The fraction of sp³-hybridized carbons (Fsp3) is 0.467. The summed E-state index contributed by atoms with van der Waals surface area (Å²) in [4.78, 5) is 54.8. The number of fused-ring (bicyclic) bond motifs is 2. The highest BCUT2D eigenvalue weighted by Gasteiger charge is 2.52. The maximum atomic E-state index is 13.6. The van der Waals surface area contributed by atoms with E-state index in [4.69, 9.17) is 4.74 Å². The van der Waals surface area contributed by atoms with Crippen LogP contribution in [-0.2, 0) is 25.4 Å². The maximum Gasteiger partial charge on any atom is 0.522 e. The normalized spacial score (nSPS) is 20.6. The predicted molar refractivity (Wildman–Crippen MR) is 149 cm³/mol. The van der Waals surface area contributed by atoms with Crippen LogP contribution in [0.4, 0.5) is 28.4 Å². The van der Waals surface area contributed by atoms with Crippen molar-refractivity contribution in [3.63, 3.8) is 0 Å². The van der Waals surface area contributed by atoms with E-state index in [0.717, 1.165) is 31.2 Å². The number of amides is 4. The standard InChI is InChI=1S/C30H33F3N4O7/c1-42-25(38)17-43-29(41)36(20-12-13-20)26-21-8-2-3-10-23(21)37(24-11-5-9-22(24)26)28(40)35-34-27(39)19-7-4-6-18(16-19)14-15-44-30(31,32)33/h2-4,6-8,10,16,20,22,24,26H,5,9,11-15,17H2,1H3,(H,34,39)(H,35,40). The molecule has 2 aromatic carbocycles. The van der Waals surface area contributed by atoms with Crippen molar-refractivity contribution < 1.29 is 46.6 Å². The van der Waals surface area contributed by atoms with Gasteiger partial charge in [0.25, 0.3) is 5.91 Å². The molecule has 2 N–H and O–H groups in total. The van der Waals surface area contributed by atoms with Gasteiger partial charge < -0.3 is 9.47 Å². The summed E-state index contributed by atoms with van der Waals surface area (Å²) < 4.78 is 50.7. The predicted octanol–water partition coefficient (Wildman–Crippen LogP) is 4.62. The van der Waals surface area contributed by atoms with Crippen molar-refractivity contribution >= 4 is 29.7 Å². The summed E-state index contributed by atoms with van der Waals surface area (Å²) in [5.41, 5.74) is 6.85. The molecular formula is C30H33F3N4O7. The summed E-state index contributed by atoms with van der Waals surface area (Å²) in [6, 6.07) is 12.0. The molecule has 2 saturated carbocycles. The second-order valence-electron chi connectivity index (χ2n) is 10.9. The molecule has 1 aliphatic heterocycles. The molecule has 2 aromatic rings. The molecule has 2 aliphatic carbocycles. The minimum atomic E-state index is -4.74. The fourth-order valence-corrected chi connectivity index (χ4v) is 6.13. The molecular weight excluding hydrogens is 585 g/mol. The zero-order valence-corrected chi connectivity index (χ0v) is 24.0. The number of para-hydroxylation sites is 1. The van der Waals surface area contributed by atoms with Crippen LogP contribution in [0.15, 0.2) is 48.5 Å². The van der Waals surface area contributed by atoms with E-state index in [1.165, 1.54) is 25.3 Å². The number of hydrogen-bond donors (Lipinski definition) is 2. The number of nitrogens with zero attached hydrogens (tertiary/aromatic N) is 2. The van der Waals surface area contributed by atoms with Crippen molar-refractivity contribution in [2.24, 2.45) is 5.92 Å². The Balaban J connectivity index is 1.31. The van der Waals surface area contributed by atoms with E-state index in [0.29, 0.717) is 17.7 Å². The van der Waals surface area contributed by atoms with Gasteiger partial charge in [-0.3, -0.25) is 24.8 Å². The summed E-state index contributed by atoms with van der Waals surface area (Å²) in [5, 5.41) is 0. The van der Waals surface area contributed by atoms with Crippen molar-refractivity contribution in [2.75, 3.05) is 25.2 Å². The first-order valence-corrected chi connectivity index (χ1v) is 14.4. The Bertz CT molecular complexity index is 1400. The fourth-order valence-electron chi connectivity index (χ4n) is 6.13. The third-order valence-corrected chi connectivity index (χ3v) is 8.12. The second-order valence-corrected chi connectivity index (χ2v) is 10.9. The summed E-state index contributed by atoms with van der Waals surface area (Å²) in [6.45, 7) is -1.09. The molecule has 236 valence electrons. The van der Waals surface area contributed by atoms with Gasteiger partial charge in [-0.2, -0.15) is 0 Å². The van der Waals surface area contributed by atoms with Gasteiger partial charge in [-0.15, -0.1) is 13.2 Å². The van der Waals surface area contributed by atoms with E-state index in [1.807, 2.05) is 12.1 Å². The molecule has 1 heterocycles.